The summed E-state index contributed by atoms with van der Waals surface area (Å²) in [4.78, 5) is 26.5. The van der Waals surface area contributed by atoms with Crippen LogP contribution in [0.2, 0.25) is 0 Å². The topological polar surface area (TPSA) is 88.3 Å². The number of amides is 1. The lowest BCUT2D eigenvalue weighted by atomic mass is 9.97. The van der Waals surface area contributed by atoms with Crippen molar-refractivity contribution < 1.29 is 14.7 Å². The van der Waals surface area contributed by atoms with Gasteiger partial charge in [0.05, 0.1) is 12.7 Å². The zero-order chi connectivity index (χ0) is 16.9. The highest BCUT2D eigenvalue weighted by atomic mass is 32.1. The van der Waals surface area contributed by atoms with Crippen molar-refractivity contribution in [2.45, 2.75) is 44.7 Å². The molecule has 0 aromatic carbocycles. The molecule has 24 heavy (non-hydrogen) atoms. The molecule has 1 fully saturated rings. The number of piperidine rings is 1. The molecule has 0 saturated carbocycles. The molecular formula is C16H20N4O3S. The van der Waals surface area contributed by atoms with Gasteiger partial charge in [-0.1, -0.05) is 11.3 Å². The minimum absolute atomic E-state index is 0.0233. The lowest BCUT2D eigenvalue weighted by Gasteiger charge is -2.35. The highest BCUT2D eigenvalue weighted by molar-refractivity contribution is 7.09. The van der Waals surface area contributed by atoms with Crippen molar-refractivity contribution in [3.05, 3.63) is 34.3 Å². The molecule has 1 aliphatic heterocycles. The van der Waals surface area contributed by atoms with Gasteiger partial charge in [0.1, 0.15) is 0 Å². The molecule has 1 amide bonds. The van der Waals surface area contributed by atoms with Crippen LogP contribution in [0.5, 0.6) is 0 Å². The molecule has 8 heteroatoms. The molecule has 0 unspecified atom stereocenters. The minimum Gasteiger partial charge on any atom is -0.481 e. The molecule has 1 aliphatic rings. The average Bonchev–Trinajstić information content (AvgIpc) is 3.25. The zero-order valence-electron chi connectivity index (χ0n) is 13.3. The fourth-order valence-corrected chi connectivity index (χ4v) is 3.74. The number of thiophene rings is 1. The van der Waals surface area contributed by atoms with Gasteiger partial charge in [0, 0.05) is 23.9 Å². The fourth-order valence-electron chi connectivity index (χ4n) is 3.04. The van der Waals surface area contributed by atoms with Gasteiger partial charge in [-0.15, -0.1) is 16.4 Å². The number of aromatic nitrogens is 3. The third kappa shape index (κ3) is 4.00. The van der Waals surface area contributed by atoms with Gasteiger partial charge in [-0.05, 0) is 37.1 Å². The first-order valence-electron chi connectivity index (χ1n) is 8.09. The number of aliphatic carboxylic acids is 1. The molecule has 2 aromatic heterocycles. The summed E-state index contributed by atoms with van der Waals surface area (Å²) in [5, 5.41) is 18.9. The number of carboxylic acids is 1. The summed E-state index contributed by atoms with van der Waals surface area (Å²) >= 11 is 1.63. The Balaban J connectivity index is 1.67. The largest absolute Gasteiger partial charge is 0.481 e. The predicted molar refractivity (Wildman–Crippen MR) is 89.0 cm³/mol. The Morgan fingerprint density at radius 2 is 2.25 bits per heavy atom. The maximum absolute atomic E-state index is 12.7. The Bertz CT molecular complexity index is 698. The van der Waals surface area contributed by atoms with Crippen LogP contribution in [0.4, 0.5) is 0 Å². The van der Waals surface area contributed by atoms with E-state index in [0.717, 1.165) is 24.1 Å². The standard InChI is InChI=1S/C16H20N4O3S/c21-15(22)7-6-12-4-1-2-8-20(12)16(23)14-11-19(18-17-14)10-13-5-3-9-24-13/h3,5,9,11-12H,1-2,4,6-8,10H2,(H,21,22)/t12-/m1/s1. The molecule has 1 saturated heterocycles. The molecule has 0 aliphatic carbocycles. The number of hydrogen-bond acceptors (Lipinski definition) is 5. The summed E-state index contributed by atoms with van der Waals surface area (Å²) < 4.78 is 1.66. The Morgan fingerprint density at radius 3 is 3.00 bits per heavy atom. The molecule has 2 aromatic rings. The number of rotatable bonds is 6. The Kier molecular flexibility index (Phi) is 5.24. The van der Waals surface area contributed by atoms with E-state index in [1.807, 2.05) is 17.5 Å². The van der Waals surface area contributed by atoms with E-state index >= 15 is 0 Å². The third-order valence-corrected chi connectivity index (χ3v) is 5.10. The van der Waals surface area contributed by atoms with E-state index in [2.05, 4.69) is 10.3 Å². The molecule has 7 nitrogen and oxygen atoms in total. The summed E-state index contributed by atoms with van der Waals surface area (Å²) in [5.41, 5.74) is 0.328. The quantitative estimate of drug-likeness (QED) is 0.865. The van der Waals surface area contributed by atoms with Gasteiger partial charge in [-0.25, -0.2) is 4.68 Å². The minimum atomic E-state index is -0.824. The van der Waals surface area contributed by atoms with Crippen LogP contribution < -0.4 is 0 Å². The van der Waals surface area contributed by atoms with Gasteiger partial charge in [-0.2, -0.15) is 0 Å². The number of hydrogen-bond donors (Lipinski definition) is 1. The van der Waals surface area contributed by atoms with Crippen molar-refractivity contribution in [1.29, 1.82) is 0 Å². The van der Waals surface area contributed by atoms with E-state index in [0.29, 0.717) is 25.2 Å². The van der Waals surface area contributed by atoms with Crippen LogP contribution in [0.15, 0.2) is 23.7 Å². The first-order valence-corrected chi connectivity index (χ1v) is 8.97. The number of carboxylic acid groups (broad SMARTS) is 1. The zero-order valence-corrected chi connectivity index (χ0v) is 14.1. The number of likely N-dealkylation sites (tertiary alicyclic amines) is 1. The van der Waals surface area contributed by atoms with Crippen molar-refractivity contribution in [2.24, 2.45) is 0 Å². The van der Waals surface area contributed by atoms with E-state index in [9.17, 15) is 9.59 Å². The van der Waals surface area contributed by atoms with E-state index in [1.54, 1.807) is 27.1 Å². The first-order chi connectivity index (χ1) is 11.6. The van der Waals surface area contributed by atoms with Gasteiger partial charge in [0.2, 0.25) is 0 Å². The van der Waals surface area contributed by atoms with Crippen molar-refractivity contribution >= 4 is 23.2 Å². The second kappa shape index (κ2) is 7.57. The summed E-state index contributed by atoms with van der Waals surface area (Å²) in [6.45, 7) is 1.25. The van der Waals surface area contributed by atoms with Crippen LogP contribution in [0.3, 0.4) is 0 Å². The monoisotopic (exact) mass is 348 g/mol. The highest BCUT2D eigenvalue weighted by Crippen LogP contribution is 2.22. The van der Waals surface area contributed by atoms with Crippen LogP contribution >= 0.6 is 11.3 Å². The Morgan fingerprint density at radius 1 is 1.38 bits per heavy atom. The van der Waals surface area contributed by atoms with Crippen LogP contribution in [-0.2, 0) is 11.3 Å². The van der Waals surface area contributed by atoms with Gasteiger partial charge < -0.3 is 10.0 Å². The third-order valence-electron chi connectivity index (χ3n) is 4.24. The maximum atomic E-state index is 12.7. The lowest BCUT2D eigenvalue weighted by molar-refractivity contribution is -0.137. The summed E-state index contributed by atoms with van der Waals surface area (Å²) in [5.74, 6) is -0.975. The van der Waals surface area contributed by atoms with Crippen molar-refractivity contribution in [3.63, 3.8) is 0 Å². The molecule has 0 spiro atoms. The smallest absolute Gasteiger partial charge is 0.303 e. The van der Waals surface area contributed by atoms with E-state index < -0.39 is 5.97 Å². The van der Waals surface area contributed by atoms with Gasteiger partial charge in [0.25, 0.3) is 5.91 Å². The molecule has 0 bridgehead atoms. The van der Waals surface area contributed by atoms with E-state index in [4.69, 9.17) is 5.11 Å². The molecule has 1 atom stereocenters. The summed E-state index contributed by atoms with van der Waals surface area (Å²) in [6, 6.07) is 3.97. The second-order valence-corrected chi connectivity index (χ2v) is 6.99. The average molecular weight is 348 g/mol. The SMILES string of the molecule is O=C(O)CC[C@H]1CCCCN1C(=O)c1cn(Cc2cccs2)nn1. The summed E-state index contributed by atoms with van der Waals surface area (Å²) in [6.07, 6.45) is 5.06. The molecule has 3 rings (SSSR count). The predicted octanol–water partition coefficient (Wildman–Crippen LogP) is 2.25. The Labute approximate surface area is 143 Å². The highest BCUT2D eigenvalue weighted by Gasteiger charge is 2.29. The molecule has 1 N–H and O–H groups in total. The summed E-state index contributed by atoms with van der Waals surface area (Å²) in [7, 11) is 0. The number of carbonyl (C=O) groups is 2. The number of carbonyl (C=O) groups excluding carboxylic acids is 1. The van der Waals surface area contributed by atoms with Crippen molar-refractivity contribution in [1.82, 2.24) is 19.9 Å². The van der Waals surface area contributed by atoms with E-state index in [-0.39, 0.29) is 18.4 Å². The first kappa shape index (κ1) is 16.6. The van der Waals surface area contributed by atoms with Crippen molar-refractivity contribution in [3.8, 4) is 0 Å². The van der Waals surface area contributed by atoms with Crippen molar-refractivity contribution in [2.75, 3.05) is 6.54 Å². The fraction of sp³-hybridized carbons (Fsp3) is 0.500. The number of nitrogens with zero attached hydrogens (tertiary/aromatic N) is 4. The molecule has 3 heterocycles. The van der Waals surface area contributed by atoms with Gasteiger partial charge in [-0.3, -0.25) is 9.59 Å². The van der Waals surface area contributed by atoms with Gasteiger partial charge >= 0.3 is 5.97 Å². The molecule has 0 radical (unpaired) electrons. The normalized spacial score (nSPS) is 17.8. The van der Waals surface area contributed by atoms with Gasteiger partial charge in [0.15, 0.2) is 5.69 Å². The lowest BCUT2D eigenvalue weighted by Crippen LogP contribution is -2.44. The Hall–Kier alpha value is -2.22. The van der Waals surface area contributed by atoms with Crippen LogP contribution in [0, 0.1) is 0 Å². The van der Waals surface area contributed by atoms with Crippen LogP contribution in [0.25, 0.3) is 0 Å². The molecule has 128 valence electrons. The maximum Gasteiger partial charge on any atom is 0.303 e. The molecular weight excluding hydrogens is 328 g/mol. The second-order valence-electron chi connectivity index (χ2n) is 5.96. The van der Waals surface area contributed by atoms with Crippen LogP contribution in [-0.4, -0.2) is 49.5 Å². The van der Waals surface area contributed by atoms with E-state index in [1.165, 1.54) is 0 Å². The van der Waals surface area contributed by atoms with Crippen LogP contribution in [0.1, 0.15) is 47.5 Å².